The monoisotopic (exact) mass is 327 g/mol. The molecule has 124 valence electrons. The van der Waals surface area contributed by atoms with E-state index in [-0.39, 0.29) is 5.75 Å². The zero-order valence-electron chi connectivity index (χ0n) is 13.7. The average molecular weight is 327 g/mol. The van der Waals surface area contributed by atoms with Crippen molar-refractivity contribution in [2.24, 2.45) is 4.99 Å². The average Bonchev–Trinajstić information content (AvgIpc) is 2.46. The number of hydrogen-bond acceptors (Lipinski definition) is 4. The number of ether oxygens (including phenoxy) is 1. The maximum atomic E-state index is 11.1. The van der Waals surface area contributed by atoms with Crippen molar-refractivity contribution in [2.75, 3.05) is 39.8 Å². The minimum absolute atomic E-state index is 0.174. The van der Waals surface area contributed by atoms with Gasteiger partial charge in [-0.1, -0.05) is 18.2 Å². The Morgan fingerprint density at radius 1 is 1.36 bits per heavy atom. The highest BCUT2D eigenvalue weighted by molar-refractivity contribution is 7.90. The molecule has 0 aliphatic rings. The zero-order chi connectivity index (χ0) is 16.6. The summed E-state index contributed by atoms with van der Waals surface area (Å²) >= 11 is 0. The van der Waals surface area contributed by atoms with Gasteiger partial charge >= 0.3 is 0 Å². The number of rotatable bonds is 7. The van der Waals surface area contributed by atoms with E-state index in [9.17, 15) is 8.42 Å². The second-order valence-corrected chi connectivity index (χ2v) is 7.39. The van der Waals surface area contributed by atoms with E-state index in [0.717, 1.165) is 17.3 Å². The quantitative estimate of drug-likeness (QED) is 0.462. The van der Waals surface area contributed by atoms with E-state index in [1.165, 1.54) is 6.26 Å². The van der Waals surface area contributed by atoms with Crippen molar-refractivity contribution in [1.82, 2.24) is 10.2 Å². The fourth-order valence-electron chi connectivity index (χ4n) is 2.08. The van der Waals surface area contributed by atoms with Gasteiger partial charge in [-0.2, -0.15) is 0 Å². The molecular weight excluding hydrogens is 302 g/mol. The molecule has 22 heavy (non-hydrogen) atoms. The summed E-state index contributed by atoms with van der Waals surface area (Å²) in [6, 6.07) is 7.83. The van der Waals surface area contributed by atoms with Crippen molar-refractivity contribution in [3.05, 3.63) is 29.8 Å². The van der Waals surface area contributed by atoms with Crippen LogP contribution in [0.4, 0.5) is 0 Å². The number of nitrogens with one attached hydrogen (secondary N) is 1. The first kappa shape index (κ1) is 18.3. The number of sulfone groups is 1. The highest BCUT2D eigenvalue weighted by Crippen LogP contribution is 2.18. The van der Waals surface area contributed by atoms with Gasteiger partial charge in [0.25, 0.3) is 0 Å². The smallest absolute Gasteiger partial charge is 0.193 e. The molecule has 0 aliphatic carbocycles. The molecular formula is C15H25N3O3S. The molecule has 0 aliphatic heterocycles. The first-order valence-corrected chi connectivity index (χ1v) is 9.15. The predicted molar refractivity (Wildman–Crippen MR) is 90.2 cm³/mol. The van der Waals surface area contributed by atoms with Crippen molar-refractivity contribution in [1.29, 1.82) is 0 Å². The van der Waals surface area contributed by atoms with E-state index in [0.29, 0.717) is 19.5 Å². The molecule has 1 N–H and O–H groups in total. The number of hydrogen-bond donors (Lipinski definition) is 1. The van der Waals surface area contributed by atoms with Crippen molar-refractivity contribution in [3.8, 4) is 5.75 Å². The highest BCUT2D eigenvalue weighted by atomic mass is 32.2. The molecule has 0 aromatic heterocycles. The molecule has 0 bridgehead atoms. The number of benzene rings is 1. The van der Waals surface area contributed by atoms with Crippen LogP contribution in [0, 0.1) is 0 Å². The lowest BCUT2D eigenvalue weighted by molar-refractivity contribution is 0.396. The van der Waals surface area contributed by atoms with Gasteiger partial charge < -0.3 is 15.0 Å². The third kappa shape index (κ3) is 6.34. The highest BCUT2D eigenvalue weighted by Gasteiger charge is 2.10. The number of methoxy groups -OCH3 is 1. The summed E-state index contributed by atoms with van der Waals surface area (Å²) in [6.07, 6.45) is 1.80. The largest absolute Gasteiger partial charge is 0.496 e. The van der Waals surface area contributed by atoms with E-state index in [2.05, 4.69) is 10.3 Å². The normalized spacial score (nSPS) is 12.1. The topological polar surface area (TPSA) is 71.0 Å². The fourth-order valence-corrected chi connectivity index (χ4v) is 2.75. The standard InChI is InChI=1S/C15H25N3O3S/c1-16-15(17-10-7-11-22(4,19)20)18(2)12-13-8-5-6-9-14(13)21-3/h5-6,8-9H,7,10-12H2,1-4H3,(H,16,17). The molecule has 0 saturated carbocycles. The van der Waals surface area contributed by atoms with E-state index in [4.69, 9.17) is 4.74 Å². The second kappa shape index (κ2) is 8.63. The number of guanidine groups is 1. The van der Waals surface area contributed by atoms with Gasteiger partial charge in [0, 0.05) is 39.0 Å². The molecule has 0 radical (unpaired) electrons. The molecule has 6 nitrogen and oxygen atoms in total. The van der Waals surface area contributed by atoms with Crippen LogP contribution >= 0.6 is 0 Å². The number of nitrogens with zero attached hydrogens (tertiary/aromatic N) is 2. The summed E-state index contributed by atoms with van der Waals surface area (Å²) in [7, 11) is 2.37. The Morgan fingerprint density at radius 3 is 2.64 bits per heavy atom. The first-order chi connectivity index (χ1) is 10.4. The Balaban J connectivity index is 2.56. The molecule has 0 unspecified atom stereocenters. The van der Waals surface area contributed by atoms with Gasteiger partial charge in [-0.15, -0.1) is 0 Å². The van der Waals surface area contributed by atoms with Crippen LogP contribution < -0.4 is 10.1 Å². The maximum absolute atomic E-state index is 11.1. The van der Waals surface area contributed by atoms with Gasteiger partial charge in [-0.05, 0) is 12.5 Å². The zero-order valence-corrected chi connectivity index (χ0v) is 14.5. The summed E-state index contributed by atoms with van der Waals surface area (Å²) in [4.78, 5) is 6.19. The van der Waals surface area contributed by atoms with Crippen LogP contribution in [-0.2, 0) is 16.4 Å². The third-order valence-corrected chi connectivity index (χ3v) is 4.18. The van der Waals surface area contributed by atoms with Gasteiger partial charge in [-0.25, -0.2) is 8.42 Å². The molecule has 0 saturated heterocycles. The Hall–Kier alpha value is -1.76. The Kier molecular flexibility index (Phi) is 7.17. The molecule has 1 rings (SSSR count). The Morgan fingerprint density at radius 2 is 2.05 bits per heavy atom. The van der Waals surface area contributed by atoms with E-state index in [1.54, 1.807) is 14.2 Å². The van der Waals surface area contributed by atoms with Crippen LogP contribution in [0.1, 0.15) is 12.0 Å². The van der Waals surface area contributed by atoms with E-state index in [1.807, 2.05) is 36.2 Å². The molecule has 0 spiro atoms. The minimum atomic E-state index is -2.92. The van der Waals surface area contributed by atoms with Crippen LogP contribution in [0.15, 0.2) is 29.3 Å². The summed E-state index contributed by atoms with van der Waals surface area (Å²) in [6.45, 7) is 1.21. The lowest BCUT2D eigenvalue weighted by Gasteiger charge is -2.23. The summed E-state index contributed by atoms with van der Waals surface area (Å²) in [5.41, 5.74) is 1.06. The van der Waals surface area contributed by atoms with Crippen LogP contribution in [-0.4, -0.2) is 59.0 Å². The van der Waals surface area contributed by atoms with E-state index < -0.39 is 9.84 Å². The van der Waals surface area contributed by atoms with Crippen LogP contribution in [0.3, 0.4) is 0 Å². The number of aliphatic imine (C=N–C) groups is 1. The van der Waals surface area contributed by atoms with Crippen molar-refractivity contribution >= 4 is 15.8 Å². The molecule has 7 heteroatoms. The van der Waals surface area contributed by atoms with Crippen molar-refractivity contribution in [3.63, 3.8) is 0 Å². The molecule has 1 aromatic carbocycles. The predicted octanol–water partition coefficient (Wildman–Crippen LogP) is 1.14. The van der Waals surface area contributed by atoms with Gasteiger partial charge in [-0.3, -0.25) is 4.99 Å². The Bertz CT molecular complexity index is 600. The van der Waals surface area contributed by atoms with Crippen molar-refractivity contribution in [2.45, 2.75) is 13.0 Å². The molecule has 0 heterocycles. The van der Waals surface area contributed by atoms with Crippen LogP contribution in [0.2, 0.25) is 0 Å². The summed E-state index contributed by atoms with van der Waals surface area (Å²) < 4.78 is 27.6. The SMILES string of the molecule is CN=C(NCCCS(C)(=O)=O)N(C)Cc1ccccc1OC. The van der Waals surface area contributed by atoms with Crippen LogP contribution in [0.5, 0.6) is 5.75 Å². The molecule has 1 aromatic rings. The molecule has 0 atom stereocenters. The lowest BCUT2D eigenvalue weighted by atomic mass is 10.2. The minimum Gasteiger partial charge on any atom is -0.496 e. The van der Waals surface area contributed by atoms with Crippen LogP contribution in [0.25, 0.3) is 0 Å². The van der Waals surface area contributed by atoms with Gasteiger partial charge in [0.2, 0.25) is 0 Å². The third-order valence-electron chi connectivity index (χ3n) is 3.15. The summed E-state index contributed by atoms with van der Waals surface area (Å²) in [5.74, 6) is 1.73. The van der Waals surface area contributed by atoms with Gasteiger partial charge in [0.05, 0.1) is 12.9 Å². The molecule has 0 amide bonds. The summed E-state index contributed by atoms with van der Waals surface area (Å²) in [5, 5.41) is 3.17. The number of para-hydroxylation sites is 1. The fraction of sp³-hybridized carbons (Fsp3) is 0.533. The Labute approximate surface area is 133 Å². The first-order valence-electron chi connectivity index (χ1n) is 7.08. The van der Waals surface area contributed by atoms with Crippen molar-refractivity contribution < 1.29 is 13.2 Å². The van der Waals surface area contributed by atoms with E-state index >= 15 is 0 Å². The van der Waals surface area contributed by atoms with Gasteiger partial charge in [0.1, 0.15) is 15.6 Å². The lowest BCUT2D eigenvalue weighted by Crippen LogP contribution is -2.39. The molecule has 0 fully saturated rings. The van der Waals surface area contributed by atoms with Gasteiger partial charge in [0.15, 0.2) is 5.96 Å². The maximum Gasteiger partial charge on any atom is 0.193 e. The second-order valence-electron chi connectivity index (χ2n) is 5.13.